The molecule has 2 heterocycles. The van der Waals surface area contributed by atoms with Gasteiger partial charge >= 0.3 is 0 Å². The van der Waals surface area contributed by atoms with Crippen LogP contribution in [0.2, 0.25) is 0 Å². The van der Waals surface area contributed by atoms with Crippen molar-refractivity contribution in [2.24, 2.45) is 0 Å². The third-order valence-electron chi connectivity index (χ3n) is 4.24. The number of hydrogen-bond donors (Lipinski definition) is 1. The number of amides is 1. The standard InChI is InChI=1S/C21H19N5O2/c1-2-28-18-11-7-6-10-16(18)21(27)22-14-20-24-23-19-13-12-17(25-26(19)20)15-8-4-3-5-9-15/h3-13H,2,14H2,1H3,(H,22,27). The number of aromatic nitrogens is 4. The van der Waals surface area contributed by atoms with Crippen LogP contribution in [0.4, 0.5) is 0 Å². The van der Waals surface area contributed by atoms with Crippen molar-refractivity contribution in [3.8, 4) is 17.0 Å². The van der Waals surface area contributed by atoms with E-state index in [1.807, 2.05) is 55.5 Å². The van der Waals surface area contributed by atoms with Gasteiger partial charge in [-0.3, -0.25) is 4.79 Å². The van der Waals surface area contributed by atoms with Gasteiger partial charge in [0.1, 0.15) is 5.75 Å². The third-order valence-corrected chi connectivity index (χ3v) is 4.24. The second kappa shape index (κ2) is 7.87. The second-order valence-electron chi connectivity index (χ2n) is 6.08. The number of hydrogen-bond acceptors (Lipinski definition) is 5. The fourth-order valence-electron chi connectivity index (χ4n) is 2.90. The number of benzene rings is 2. The first-order valence-corrected chi connectivity index (χ1v) is 9.03. The molecule has 0 saturated heterocycles. The highest BCUT2D eigenvalue weighted by Crippen LogP contribution is 2.19. The summed E-state index contributed by atoms with van der Waals surface area (Å²) in [6.07, 6.45) is 0. The maximum atomic E-state index is 12.6. The number of nitrogens with zero attached hydrogens (tertiary/aromatic N) is 4. The summed E-state index contributed by atoms with van der Waals surface area (Å²) in [6, 6.07) is 20.8. The van der Waals surface area contributed by atoms with Gasteiger partial charge in [-0.25, -0.2) is 0 Å². The first-order chi connectivity index (χ1) is 13.8. The van der Waals surface area contributed by atoms with E-state index in [0.717, 1.165) is 11.3 Å². The molecule has 28 heavy (non-hydrogen) atoms. The van der Waals surface area contributed by atoms with E-state index in [4.69, 9.17) is 4.74 Å². The molecule has 0 aliphatic heterocycles. The van der Waals surface area contributed by atoms with Gasteiger partial charge in [-0.05, 0) is 31.2 Å². The van der Waals surface area contributed by atoms with Crippen LogP contribution in [0.5, 0.6) is 5.75 Å². The number of para-hydroxylation sites is 1. The number of carbonyl (C=O) groups is 1. The van der Waals surface area contributed by atoms with E-state index < -0.39 is 0 Å². The summed E-state index contributed by atoms with van der Waals surface area (Å²) in [6.45, 7) is 2.57. The molecule has 2 aromatic heterocycles. The molecule has 140 valence electrons. The fourth-order valence-corrected chi connectivity index (χ4v) is 2.90. The van der Waals surface area contributed by atoms with E-state index in [1.54, 1.807) is 22.7 Å². The van der Waals surface area contributed by atoms with Gasteiger partial charge in [0.2, 0.25) is 0 Å². The molecule has 0 aliphatic carbocycles. The van der Waals surface area contributed by atoms with E-state index in [-0.39, 0.29) is 12.5 Å². The number of carbonyl (C=O) groups excluding carboxylic acids is 1. The third kappa shape index (κ3) is 3.55. The Kier molecular flexibility index (Phi) is 4.97. The van der Waals surface area contributed by atoms with E-state index in [2.05, 4.69) is 20.6 Å². The zero-order chi connectivity index (χ0) is 19.3. The van der Waals surface area contributed by atoms with Gasteiger partial charge in [0.05, 0.1) is 24.4 Å². The molecule has 0 bridgehead atoms. The molecule has 0 fully saturated rings. The van der Waals surface area contributed by atoms with Crippen molar-refractivity contribution in [2.75, 3.05) is 6.61 Å². The topological polar surface area (TPSA) is 81.4 Å². The lowest BCUT2D eigenvalue weighted by Crippen LogP contribution is -2.25. The molecule has 1 N–H and O–H groups in total. The molecule has 2 aromatic carbocycles. The van der Waals surface area contributed by atoms with Gasteiger partial charge in [0.25, 0.3) is 5.91 Å². The van der Waals surface area contributed by atoms with Gasteiger partial charge in [-0.2, -0.15) is 9.61 Å². The summed E-state index contributed by atoms with van der Waals surface area (Å²) in [7, 11) is 0. The molecular weight excluding hydrogens is 354 g/mol. The van der Waals surface area contributed by atoms with Gasteiger partial charge < -0.3 is 10.1 Å². The van der Waals surface area contributed by atoms with Crippen molar-refractivity contribution in [1.29, 1.82) is 0 Å². The quantitative estimate of drug-likeness (QED) is 0.562. The first kappa shape index (κ1) is 17.7. The van der Waals surface area contributed by atoms with Crippen molar-refractivity contribution < 1.29 is 9.53 Å². The second-order valence-corrected chi connectivity index (χ2v) is 6.08. The Hall–Kier alpha value is -3.74. The normalized spacial score (nSPS) is 10.8. The Bertz CT molecular complexity index is 1110. The minimum atomic E-state index is -0.236. The van der Waals surface area contributed by atoms with Gasteiger partial charge in [-0.15, -0.1) is 10.2 Å². The van der Waals surface area contributed by atoms with E-state index in [0.29, 0.717) is 29.4 Å². The Labute approximate surface area is 162 Å². The predicted molar refractivity (Wildman–Crippen MR) is 105 cm³/mol. The highest BCUT2D eigenvalue weighted by molar-refractivity contribution is 5.96. The molecule has 0 spiro atoms. The summed E-state index contributed by atoms with van der Waals surface area (Å²) in [5.74, 6) is 0.869. The Balaban J connectivity index is 1.56. The molecule has 0 atom stereocenters. The maximum absolute atomic E-state index is 12.6. The van der Waals surface area contributed by atoms with Crippen molar-refractivity contribution in [3.05, 3.63) is 78.1 Å². The minimum Gasteiger partial charge on any atom is -0.493 e. The molecule has 4 rings (SSSR count). The van der Waals surface area contributed by atoms with Crippen LogP contribution in [0.15, 0.2) is 66.7 Å². The highest BCUT2D eigenvalue weighted by atomic mass is 16.5. The van der Waals surface area contributed by atoms with Crippen molar-refractivity contribution >= 4 is 11.6 Å². The zero-order valence-corrected chi connectivity index (χ0v) is 15.4. The number of rotatable bonds is 6. The lowest BCUT2D eigenvalue weighted by molar-refractivity contribution is 0.0946. The molecule has 1 amide bonds. The van der Waals surface area contributed by atoms with Crippen LogP contribution in [0.25, 0.3) is 16.9 Å². The van der Waals surface area contributed by atoms with Crippen LogP contribution in [0, 0.1) is 0 Å². The van der Waals surface area contributed by atoms with E-state index in [9.17, 15) is 4.79 Å². The first-order valence-electron chi connectivity index (χ1n) is 9.03. The number of ether oxygens (including phenoxy) is 1. The maximum Gasteiger partial charge on any atom is 0.255 e. The zero-order valence-electron chi connectivity index (χ0n) is 15.4. The molecule has 4 aromatic rings. The van der Waals surface area contributed by atoms with Crippen molar-refractivity contribution in [3.63, 3.8) is 0 Å². The molecule has 7 nitrogen and oxygen atoms in total. The van der Waals surface area contributed by atoms with Gasteiger partial charge in [0.15, 0.2) is 11.5 Å². The van der Waals surface area contributed by atoms with Crippen LogP contribution in [-0.4, -0.2) is 32.3 Å². The van der Waals surface area contributed by atoms with Crippen molar-refractivity contribution in [2.45, 2.75) is 13.5 Å². The van der Waals surface area contributed by atoms with E-state index in [1.165, 1.54) is 0 Å². The van der Waals surface area contributed by atoms with Crippen LogP contribution in [-0.2, 0) is 6.54 Å². The molecule has 7 heteroatoms. The smallest absolute Gasteiger partial charge is 0.255 e. The lowest BCUT2D eigenvalue weighted by Gasteiger charge is -2.10. The summed E-state index contributed by atoms with van der Waals surface area (Å²) in [4.78, 5) is 12.6. The average molecular weight is 373 g/mol. The summed E-state index contributed by atoms with van der Waals surface area (Å²) in [5, 5.41) is 15.8. The van der Waals surface area contributed by atoms with Crippen LogP contribution >= 0.6 is 0 Å². The van der Waals surface area contributed by atoms with Crippen LogP contribution in [0.3, 0.4) is 0 Å². The summed E-state index contributed by atoms with van der Waals surface area (Å²) in [5.41, 5.74) is 2.91. The molecule has 0 unspecified atom stereocenters. The molecule has 0 aliphatic rings. The highest BCUT2D eigenvalue weighted by Gasteiger charge is 2.14. The summed E-state index contributed by atoms with van der Waals surface area (Å²) >= 11 is 0. The monoisotopic (exact) mass is 373 g/mol. The van der Waals surface area contributed by atoms with Crippen LogP contribution in [0.1, 0.15) is 23.1 Å². The predicted octanol–water partition coefficient (Wildman–Crippen LogP) is 3.12. The Morgan fingerprint density at radius 1 is 1.00 bits per heavy atom. The van der Waals surface area contributed by atoms with Crippen molar-refractivity contribution in [1.82, 2.24) is 25.1 Å². The number of nitrogens with one attached hydrogen (secondary N) is 1. The summed E-state index contributed by atoms with van der Waals surface area (Å²) < 4.78 is 7.17. The Morgan fingerprint density at radius 3 is 2.61 bits per heavy atom. The SMILES string of the molecule is CCOc1ccccc1C(=O)NCc1nnc2ccc(-c3ccccc3)nn12. The minimum absolute atomic E-state index is 0.200. The number of fused-ring (bicyclic) bond motifs is 1. The molecule has 0 saturated carbocycles. The fraction of sp³-hybridized carbons (Fsp3) is 0.143. The lowest BCUT2D eigenvalue weighted by atomic mass is 10.1. The average Bonchev–Trinajstić information content (AvgIpc) is 3.15. The molecule has 0 radical (unpaired) electrons. The van der Waals surface area contributed by atoms with Gasteiger partial charge in [0, 0.05) is 5.56 Å². The van der Waals surface area contributed by atoms with Gasteiger partial charge in [-0.1, -0.05) is 42.5 Å². The largest absolute Gasteiger partial charge is 0.493 e. The van der Waals surface area contributed by atoms with E-state index >= 15 is 0 Å². The van der Waals surface area contributed by atoms with Crippen LogP contribution < -0.4 is 10.1 Å². The Morgan fingerprint density at radius 2 is 1.79 bits per heavy atom. The molecular formula is C21H19N5O2.